The molecule has 1 aliphatic carbocycles. The van der Waals surface area contributed by atoms with E-state index in [-0.39, 0.29) is 11.1 Å². The summed E-state index contributed by atoms with van der Waals surface area (Å²) in [5.41, 5.74) is 15.9. The number of fused-ring (bicyclic) bond motifs is 3. The third-order valence-corrected chi connectivity index (χ3v) is 14.5. The fraction of sp³-hybridized carbons (Fsp3) is 0. The molecule has 9 heteroatoms. The van der Waals surface area contributed by atoms with Crippen molar-refractivity contribution in [3.05, 3.63) is 254 Å². The van der Waals surface area contributed by atoms with Crippen molar-refractivity contribution in [1.82, 2.24) is 0 Å². The zero-order chi connectivity index (χ0) is 50.3. The summed E-state index contributed by atoms with van der Waals surface area (Å²) >= 11 is 2.87. The van der Waals surface area contributed by atoms with Gasteiger partial charge in [-0.3, -0.25) is 0 Å². The lowest BCUT2D eigenvalue weighted by Crippen LogP contribution is -2.09. The third kappa shape index (κ3) is 10.6. The van der Waals surface area contributed by atoms with Crippen LogP contribution in [0.2, 0.25) is 0 Å². The number of rotatable bonds is 14. The normalized spacial score (nSPS) is 12.1. The van der Waals surface area contributed by atoms with Crippen molar-refractivity contribution in [3.8, 4) is 44.1 Å². The van der Waals surface area contributed by atoms with Crippen molar-refractivity contribution >= 4 is 99.8 Å². The maximum absolute atomic E-state index is 11.3. The van der Waals surface area contributed by atoms with Crippen LogP contribution in [0.25, 0.3) is 80.1 Å². The molecule has 0 atom stereocenters. The van der Waals surface area contributed by atoms with Gasteiger partial charge < -0.3 is 15.1 Å². The van der Waals surface area contributed by atoms with Crippen LogP contribution in [0, 0.1) is 22.7 Å². The highest BCUT2D eigenvalue weighted by molar-refractivity contribution is 7.16. The molecule has 7 aromatic carbocycles. The molecule has 73 heavy (non-hydrogen) atoms. The van der Waals surface area contributed by atoms with E-state index in [1.165, 1.54) is 62.7 Å². The summed E-state index contributed by atoms with van der Waals surface area (Å²) in [6, 6.07) is 70.3. The zero-order valence-corrected chi connectivity index (χ0v) is 40.5. The number of nitrogens with zero attached hydrogens (tertiary/aromatic N) is 3. The minimum atomic E-state index is -1.24. The number of anilines is 3. The molecule has 0 saturated carbocycles. The first-order valence-corrected chi connectivity index (χ1v) is 24.8. The van der Waals surface area contributed by atoms with Crippen LogP contribution in [0.3, 0.4) is 0 Å². The third-order valence-electron chi connectivity index (χ3n) is 12.3. The summed E-state index contributed by atoms with van der Waals surface area (Å²) in [6.45, 7) is 0. The lowest BCUT2D eigenvalue weighted by Gasteiger charge is -2.26. The van der Waals surface area contributed by atoms with Gasteiger partial charge in [0.25, 0.3) is 0 Å². The Balaban J connectivity index is 0.887. The molecule has 0 radical (unpaired) electrons. The zero-order valence-electron chi connectivity index (χ0n) is 38.9. The van der Waals surface area contributed by atoms with Gasteiger partial charge >= 0.3 is 11.9 Å². The van der Waals surface area contributed by atoms with E-state index >= 15 is 0 Å². The molecule has 2 aromatic heterocycles. The summed E-state index contributed by atoms with van der Waals surface area (Å²) in [6.07, 6.45) is 13.4. The number of aliphatic carboxylic acids is 2. The molecule has 2 N–H and O–H groups in total. The van der Waals surface area contributed by atoms with Gasteiger partial charge in [-0.05, 0) is 146 Å². The molecule has 1 aliphatic rings. The predicted molar refractivity (Wildman–Crippen MR) is 300 cm³/mol. The molecule has 0 unspecified atom stereocenters. The van der Waals surface area contributed by atoms with Gasteiger partial charge in [-0.1, -0.05) is 158 Å². The van der Waals surface area contributed by atoms with Gasteiger partial charge in [0.05, 0.1) is 0 Å². The van der Waals surface area contributed by atoms with Gasteiger partial charge in [0.15, 0.2) is 0 Å². The Labute approximate surface area is 430 Å². The molecule has 0 bridgehead atoms. The molecule has 10 rings (SSSR count). The number of carboxylic acid groups (broad SMARTS) is 2. The first-order valence-electron chi connectivity index (χ1n) is 23.2. The minimum absolute atomic E-state index is 0.295. The number of nitriles is 2. The van der Waals surface area contributed by atoms with Crippen molar-refractivity contribution in [2.45, 2.75) is 0 Å². The molecular weight excluding hydrogens is 939 g/mol. The van der Waals surface area contributed by atoms with E-state index in [1.54, 1.807) is 12.1 Å². The quantitative estimate of drug-likeness (QED) is 0.0631. The number of benzene rings is 7. The number of carboxylic acids is 2. The smallest absolute Gasteiger partial charge is 0.346 e. The van der Waals surface area contributed by atoms with Gasteiger partial charge in [0.1, 0.15) is 23.3 Å². The Morgan fingerprint density at radius 2 is 0.740 bits per heavy atom. The minimum Gasteiger partial charge on any atom is -0.477 e. The molecule has 348 valence electrons. The molecule has 0 fully saturated rings. The van der Waals surface area contributed by atoms with E-state index in [0.29, 0.717) is 9.75 Å². The van der Waals surface area contributed by atoms with E-state index in [4.69, 9.17) is 10.5 Å². The van der Waals surface area contributed by atoms with Crippen molar-refractivity contribution in [1.29, 1.82) is 10.5 Å². The van der Waals surface area contributed by atoms with Crippen LogP contribution in [0.1, 0.15) is 48.7 Å². The van der Waals surface area contributed by atoms with Gasteiger partial charge in [-0.2, -0.15) is 10.5 Å². The monoisotopic (exact) mass is 979 g/mol. The van der Waals surface area contributed by atoms with Crippen LogP contribution >= 0.6 is 22.7 Å². The van der Waals surface area contributed by atoms with Crippen LogP contribution in [0.4, 0.5) is 17.1 Å². The summed E-state index contributed by atoms with van der Waals surface area (Å²) in [5.74, 6) is -2.48. The van der Waals surface area contributed by atoms with E-state index in [9.17, 15) is 19.8 Å². The average molecular weight is 980 g/mol. The molecule has 0 spiro atoms. The highest BCUT2D eigenvalue weighted by Gasteiger charge is 2.22. The molecule has 0 saturated heterocycles. The van der Waals surface area contributed by atoms with Gasteiger partial charge in [0.2, 0.25) is 0 Å². The highest BCUT2D eigenvalue weighted by Crippen LogP contribution is 2.45. The van der Waals surface area contributed by atoms with E-state index in [1.807, 2.05) is 48.5 Å². The van der Waals surface area contributed by atoms with Gasteiger partial charge in [-0.25, -0.2) is 9.59 Å². The molecule has 0 aliphatic heterocycles. The lowest BCUT2D eigenvalue weighted by molar-refractivity contribution is -0.133. The van der Waals surface area contributed by atoms with E-state index in [2.05, 4.69) is 181 Å². The Hall–Kier alpha value is -9.64. The summed E-state index contributed by atoms with van der Waals surface area (Å²) in [7, 11) is 0. The molecule has 7 nitrogen and oxygen atoms in total. The molecule has 0 amide bonds. The second kappa shape index (κ2) is 21.2. The summed E-state index contributed by atoms with van der Waals surface area (Å²) in [4.78, 5) is 28.2. The average Bonchev–Trinajstić information content (AvgIpc) is 4.18. The van der Waals surface area contributed by atoms with E-state index < -0.39 is 11.9 Å². The highest BCUT2D eigenvalue weighted by atomic mass is 32.1. The number of thiophene rings is 2. The predicted octanol–water partition coefficient (Wildman–Crippen LogP) is 16.5. The lowest BCUT2D eigenvalue weighted by atomic mass is 10.0. The Bertz CT molecular complexity index is 3560. The van der Waals surface area contributed by atoms with E-state index in [0.717, 1.165) is 65.8 Å². The Morgan fingerprint density at radius 1 is 0.411 bits per heavy atom. The number of hydrogen-bond donors (Lipinski definition) is 2. The second-order valence-electron chi connectivity index (χ2n) is 17.0. The Morgan fingerprint density at radius 3 is 1.08 bits per heavy atom. The van der Waals surface area contributed by atoms with Gasteiger partial charge in [-0.15, -0.1) is 22.7 Å². The fourth-order valence-corrected chi connectivity index (χ4v) is 10.6. The summed E-state index contributed by atoms with van der Waals surface area (Å²) < 4.78 is 0. The summed E-state index contributed by atoms with van der Waals surface area (Å²) in [5, 5.41) is 36.8. The van der Waals surface area contributed by atoms with Crippen LogP contribution in [0.5, 0.6) is 0 Å². The van der Waals surface area contributed by atoms with Crippen molar-refractivity contribution in [2.24, 2.45) is 0 Å². The standard InChI is InChI=1S/C64H41N3O4S2/c65-40-49(63(68)69)38-54-33-35-61(72-54)47-23-13-42(14-24-47)9-11-44-17-27-51(28-18-44)67(53-31-21-46(22-32-53)37-60-58-7-3-1-5-56(58)57-6-2-4-8-59(57)60)52-29-19-45(20-30-52)12-10-43-15-25-48(26-16-43)62-36-34-55(73-62)39-50(41-66)64(70)71/h1-39H,(H,68,69)(H,70,71). The van der Waals surface area contributed by atoms with Crippen LogP contribution in [0.15, 0.2) is 205 Å². The van der Waals surface area contributed by atoms with Crippen molar-refractivity contribution in [2.75, 3.05) is 4.90 Å². The largest absolute Gasteiger partial charge is 0.477 e. The maximum atomic E-state index is 11.3. The first kappa shape index (κ1) is 47.1. The van der Waals surface area contributed by atoms with Crippen molar-refractivity contribution < 1.29 is 19.8 Å². The number of hydrogen-bond acceptors (Lipinski definition) is 7. The topological polar surface area (TPSA) is 125 Å². The van der Waals surface area contributed by atoms with Crippen LogP contribution in [-0.4, -0.2) is 22.2 Å². The number of carbonyl (C=O) groups is 2. The van der Waals surface area contributed by atoms with Crippen LogP contribution < -0.4 is 4.90 Å². The Kier molecular flexibility index (Phi) is 13.6. The van der Waals surface area contributed by atoms with Gasteiger partial charge in [0, 0.05) is 36.6 Å². The first-order chi connectivity index (χ1) is 35.7. The molecule has 2 heterocycles. The maximum Gasteiger partial charge on any atom is 0.346 e. The fourth-order valence-electron chi connectivity index (χ4n) is 8.65. The van der Waals surface area contributed by atoms with Crippen molar-refractivity contribution in [3.63, 3.8) is 0 Å². The molecule has 9 aromatic rings. The SMILES string of the molecule is N#CC(=Cc1ccc(-c2ccc(C=Cc3ccc(N(c4ccc(C=Cc5ccc(-c6ccc(C=C(C#N)C(=O)O)s6)cc5)cc4)c4ccc(C=C5c6ccccc6-c6ccccc65)cc4)cc3)cc2)s1)C(=O)O. The second-order valence-corrected chi connectivity index (χ2v) is 19.3. The van der Waals surface area contributed by atoms with Crippen LogP contribution in [-0.2, 0) is 9.59 Å². The molecular formula is C64H41N3O4S2.